The van der Waals surface area contributed by atoms with Crippen LogP contribution in [-0.2, 0) is 14.9 Å². The molecule has 202 valence electrons. The molecule has 9 nitrogen and oxygen atoms in total. The predicted octanol–water partition coefficient (Wildman–Crippen LogP) is 4.85. The summed E-state index contributed by atoms with van der Waals surface area (Å²) in [6.07, 6.45) is 3.35. The number of nitrogens with zero attached hydrogens (tertiary/aromatic N) is 4. The summed E-state index contributed by atoms with van der Waals surface area (Å²) in [5.74, 6) is 0.0394. The fourth-order valence-electron chi connectivity index (χ4n) is 5.12. The molecule has 0 aromatic heterocycles. The number of amides is 1. The summed E-state index contributed by atoms with van der Waals surface area (Å²) in [5, 5.41) is 23.7. The highest BCUT2D eigenvalue weighted by atomic mass is 16.6. The molecule has 2 aromatic rings. The Labute approximate surface area is 224 Å². The molecule has 1 aliphatic heterocycles. The normalized spacial score (nSPS) is 20.1. The van der Waals surface area contributed by atoms with Crippen LogP contribution in [0.3, 0.4) is 0 Å². The second kappa shape index (κ2) is 11.8. The number of piperazine rings is 1. The first-order chi connectivity index (χ1) is 18.1. The van der Waals surface area contributed by atoms with E-state index in [1.807, 2.05) is 11.0 Å². The first-order valence-corrected chi connectivity index (χ1v) is 13.3. The third-order valence-corrected chi connectivity index (χ3v) is 7.54. The molecule has 0 radical (unpaired) electrons. The van der Waals surface area contributed by atoms with Crippen molar-refractivity contribution < 1.29 is 14.5 Å². The molecular weight excluding hydrogens is 482 g/mol. The first kappa shape index (κ1) is 27.4. The Kier molecular flexibility index (Phi) is 8.52. The van der Waals surface area contributed by atoms with Gasteiger partial charge in [-0.25, -0.2) is 0 Å². The van der Waals surface area contributed by atoms with Crippen molar-refractivity contribution in [3.8, 4) is 6.07 Å². The lowest BCUT2D eigenvalue weighted by molar-refractivity contribution is -0.384. The van der Waals surface area contributed by atoms with Gasteiger partial charge in [-0.1, -0.05) is 32.9 Å². The number of hydrogen-bond donors (Lipinski definition) is 1. The molecule has 2 aliphatic rings. The van der Waals surface area contributed by atoms with Crippen LogP contribution in [0.15, 0.2) is 42.5 Å². The largest absolute Gasteiger partial charge is 0.381 e. The molecule has 0 spiro atoms. The van der Waals surface area contributed by atoms with Crippen LogP contribution in [0.2, 0.25) is 0 Å². The predicted molar refractivity (Wildman–Crippen MR) is 147 cm³/mol. The molecular formula is C29H37N5O4. The summed E-state index contributed by atoms with van der Waals surface area (Å²) >= 11 is 0. The minimum absolute atomic E-state index is 0.0342. The summed E-state index contributed by atoms with van der Waals surface area (Å²) < 4.78 is 5.98. The van der Waals surface area contributed by atoms with Crippen LogP contribution in [0.4, 0.5) is 17.1 Å². The van der Waals surface area contributed by atoms with Crippen LogP contribution < -0.4 is 10.2 Å². The molecule has 1 saturated heterocycles. The van der Waals surface area contributed by atoms with E-state index >= 15 is 0 Å². The number of carbonyl (C=O) groups is 1. The van der Waals surface area contributed by atoms with E-state index in [9.17, 15) is 20.2 Å². The standard InChI is InChI=1S/C29H37N5O4/c1-29(2,3)22-4-8-24(9-5-22)32-14-16-33(17-15-32)28(35)20-38-26-11-6-23(7-12-26)31-27-13-10-25(34(36)37)18-21(27)19-30/h4-5,8-10,13,18,23,26,31H,6-7,11-12,14-17,20H2,1-3H3. The molecule has 9 heteroatoms. The number of nitro groups is 1. The Morgan fingerprint density at radius 1 is 1.08 bits per heavy atom. The van der Waals surface area contributed by atoms with Gasteiger partial charge >= 0.3 is 0 Å². The number of non-ortho nitro benzene ring substituents is 1. The van der Waals surface area contributed by atoms with Gasteiger partial charge in [0.25, 0.3) is 5.69 Å². The van der Waals surface area contributed by atoms with Gasteiger partial charge in [0.15, 0.2) is 0 Å². The van der Waals surface area contributed by atoms with Crippen molar-refractivity contribution in [2.75, 3.05) is 43.0 Å². The van der Waals surface area contributed by atoms with E-state index in [0.29, 0.717) is 18.8 Å². The highest BCUT2D eigenvalue weighted by molar-refractivity contribution is 5.77. The zero-order valence-corrected chi connectivity index (χ0v) is 22.5. The molecule has 1 amide bonds. The number of hydrogen-bond acceptors (Lipinski definition) is 7. The minimum atomic E-state index is -0.500. The van der Waals surface area contributed by atoms with Crippen molar-refractivity contribution >= 4 is 23.0 Å². The van der Waals surface area contributed by atoms with Gasteiger partial charge in [-0.2, -0.15) is 5.26 Å². The second-order valence-corrected chi connectivity index (χ2v) is 11.2. The van der Waals surface area contributed by atoms with Gasteiger partial charge in [0.2, 0.25) is 5.91 Å². The maximum absolute atomic E-state index is 12.8. The Balaban J connectivity index is 1.18. The Morgan fingerprint density at radius 3 is 2.32 bits per heavy atom. The van der Waals surface area contributed by atoms with Gasteiger partial charge in [0.05, 0.1) is 22.3 Å². The number of nitriles is 1. The summed E-state index contributed by atoms with van der Waals surface area (Å²) in [5.41, 5.74) is 3.43. The average molecular weight is 520 g/mol. The molecule has 0 atom stereocenters. The molecule has 1 N–H and O–H groups in total. The lowest BCUT2D eigenvalue weighted by Gasteiger charge is -2.37. The summed E-state index contributed by atoms with van der Waals surface area (Å²) in [4.78, 5) is 27.5. The zero-order chi connectivity index (χ0) is 27.3. The van der Waals surface area contributed by atoms with Crippen LogP contribution in [0.25, 0.3) is 0 Å². The van der Waals surface area contributed by atoms with Gasteiger partial charge in [-0.15, -0.1) is 0 Å². The number of rotatable bonds is 7. The molecule has 2 fully saturated rings. The van der Waals surface area contributed by atoms with Gasteiger partial charge in [-0.3, -0.25) is 14.9 Å². The van der Waals surface area contributed by atoms with E-state index < -0.39 is 4.92 Å². The number of ether oxygens (including phenoxy) is 1. The third-order valence-electron chi connectivity index (χ3n) is 7.54. The number of nitro benzene ring substituents is 1. The summed E-state index contributed by atoms with van der Waals surface area (Å²) in [7, 11) is 0. The van der Waals surface area contributed by atoms with E-state index in [1.165, 1.54) is 23.4 Å². The maximum Gasteiger partial charge on any atom is 0.270 e. The monoisotopic (exact) mass is 519 g/mol. The third kappa shape index (κ3) is 6.81. The summed E-state index contributed by atoms with van der Waals surface area (Å²) in [6, 6.07) is 15.2. The van der Waals surface area contributed by atoms with Crippen LogP contribution in [0, 0.1) is 21.4 Å². The SMILES string of the molecule is CC(C)(C)c1ccc(N2CCN(C(=O)COC3CCC(Nc4ccc([N+](=O)[O-])cc4C#N)CC3)CC2)cc1. The van der Waals surface area contributed by atoms with Crippen molar-refractivity contribution in [3.05, 3.63) is 63.7 Å². The van der Waals surface area contributed by atoms with Crippen molar-refractivity contribution in [2.24, 2.45) is 0 Å². The van der Waals surface area contributed by atoms with E-state index in [0.717, 1.165) is 38.8 Å². The van der Waals surface area contributed by atoms with Crippen LogP contribution >= 0.6 is 0 Å². The maximum atomic E-state index is 12.8. The van der Waals surface area contributed by atoms with Gasteiger partial charge in [0, 0.05) is 50.0 Å². The molecule has 1 saturated carbocycles. The van der Waals surface area contributed by atoms with Gasteiger partial charge in [0.1, 0.15) is 12.7 Å². The number of carbonyl (C=O) groups excluding carboxylic acids is 1. The summed E-state index contributed by atoms with van der Waals surface area (Å²) in [6.45, 7) is 9.74. The zero-order valence-electron chi connectivity index (χ0n) is 22.5. The van der Waals surface area contributed by atoms with Crippen molar-refractivity contribution in [1.82, 2.24) is 4.90 Å². The van der Waals surface area contributed by atoms with Crippen molar-refractivity contribution in [2.45, 2.75) is 64.0 Å². The highest BCUT2D eigenvalue weighted by Crippen LogP contribution is 2.28. The van der Waals surface area contributed by atoms with E-state index in [1.54, 1.807) is 6.07 Å². The molecule has 4 rings (SSSR count). The van der Waals surface area contributed by atoms with Crippen LogP contribution in [-0.4, -0.2) is 60.7 Å². The highest BCUT2D eigenvalue weighted by Gasteiger charge is 2.26. The molecule has 0 unspecified atom stereocenters. The minimum Gasteiger partial charge on any atom is -0.381 e. The lowest BCUT2D eigenvalue weighted by atomic mass is 9.87. The number of anilines is 2. The molecule has 1 heterocycles. The number of benzene rings is 2. The van der Waals surface area contributed by atoms with E-state index in [2.05, 4.69) is 55.3 Å². The topological polar surface area (TPSA) is 112 Å². The van der Waals surface area contributed by atoms with Crippen molar-refractivity contribution in [3.63, 3.8) is 0 Å². The smallest absolute Gasteiger partial charge is 0.270 e. The Bertz CT molecular complexity index is 1170. The fraction of sp³-hybridized carbons (Fsp3) is 0.517. The van der Waals surface area contributed by atoms with Gasteiger partial charge in [-0.05, 0) is 54.9 Å². The average Bonchev–Trinajstić information content (AvgIpc) is 2.92. The Morgan fingerprint density at radius 2 is 1.74 bits per heavy atom. The van der Waals surface area contributed by atoms with Crippen LogP contribution in [0.5, 0.6) is 0 Å². The fourth-order valence-corrected chi connectivity index (χ4v) is 5.12. The van der Waals surface area contributed by atoms with Gasteiger partial charge < -0.3 is 19.9 Å². The molecule has 38 heavy (non-hydrogen) atoms. The second-order valence-electron chi connectivity index (χ2n) is 11.2. The van der Waals surface area contributed by atoms with Crippen molar-refractivity contribution in [1.29, 1.82) is 5.26 Å². The molecule has 2 aromatic carbocycles. The quantitative estimate of drug-likeness (QED) is 0.411. The first-order valence-electron chi connectivity index (χ1n) is 13.3. The lowest BCUT2D eigenvalue weighted by Crippen LogP contribution is -2.50. The van der Waals surface area contributed by atoms with Crippen LogP contribution in [0.1, 0.15) is 57.6 Å². The number of nitrogens with one attached hydrogen (secondary N) is 1. The van der Waals surface area contributed by atoms with E-state index in [-0.39, 0.29) is 41.3 Å². The van der Waals surface area contributed by atoms with E-state index in [4.69, 9.17) is 4.74 Å². The molecule has 1 aliphatic carbocycles. The Hall–Kier alpha value is -3.64. The molecule has 0 bridgehead atoms.